The number of rotatable bonds is 5. The zero-order valence-corrected chi connectivity index (χ0v) is 8.04. The average molecular weight is 224 g/mol. The van der Waals surface area contributed by atoms with Gasteiger partial charge in [0.2, 0.25) is 0 Å². The number of ether oxygens (including phenoxy) is 1. The molecule has 0 aliphatic rings. The lowest BCUT2D eigenvalue weighted by Gasteiger charge is -2.05. The number of carboxylic acids is 2. The molecule has 0 saturated heterocycles. The number of carboxylic acid groups (broad SMARTS) is 2. The predicted molar refractivity (Wildman–Crippen MR) is 51.9 cm³/mol. The Labute approximate surface area is 90.1 Å². The van der Waals surface area contributed by atoms with Crippen molar-refractivity contribution in [3.05, 3.63) is 29.3 Å². The Morgan fingerprint density at radius 1 is 1.12 bits per heavy atom. The number of aldehydes is 1. The second-order valence-corrected chi connectivity index (χ2v) is 2.83. The lowest BCUT2D eigenvalue weighted by atomic mass is 10.1. The van der Waals surface area contributed by atoms with Crippen molar-refractivity contribution in [2.45, 2.75) is 0 Å². The summed E-state index contributed by atoms with van der Waals surface area (Å²) in [6, 6.07) is 3.31. The summed E-state index contributed by atoms with van der Waals surface area (Å²) in [5.41, 5.74) is -0.415. The number of hydrogen-bond donors (Lipinski definition) is 2. The normalized spacial score (nSPS) is 9.50. The fraction of sp³-hybridized carbons (Fsp3) is 0.100. The summed E-state index contributed by atoms with van der Waals surface area (Å²) < 4.78 is 4.84. The number of benzene rings is 1. The van der Waals surface area contributed by atoms with E-state index in [9.17, 15) is 14.4 Å². The molecule has 6 nitrogen and oxygen atoms in total. The molecule has 84 valence electrons. The first-order valence-corrected chi connectivity index (χ1v) is 4.22. The van der Waals surface area contributed by atoms with E-state index in [1.165, 1.54) is 0 Å². The Balaban J connectivity index is 3.13. The molecule has 1 aromatic rings. The topological polar surface area (TPSA) is 101 Å². The lowest BCUT2D eigenvalue weighted by Crippen LogP contribution is -2.05. The Bertz CT molecular complexity index is 405. The van der Waals surface area contributed by atoms with E-state index in [0.717, 1.165) is 18.2 Å². The molecule has 0 saturated carbocycles. The lowest BCUT2D eigenvalue weighted by molar-refractivity contribution is -0.109. The maximum absolute atomic E-state index is 10.7. The van der Waals surface area contributed by atoms with Crippen LogP contribution in [-0.4, -0.2) is 35.0 Å². The van der Waals surface area contributed by atoms with Crippen LogP contribution in [0.15, 0.2) is 18.2 Å². The second kappa shape index (κ2) is 4.92. The van der Waals surface area contributed by atoms with Crippen LogP contribution < -0.4 is 4.74 Å². The summed E-state index contributed by atoms with van der Waals surface area (Å²) in [4.78, 5) is 31.4. The summed E-state index contributed by atoms with van der Waals surface area (Å²) in [5.74, 6) is -2.50. The Hall–Kier alpha value is -2.37. The number of carbonyl (C=O) groups excluding carboxylic acids is 1. The fourth-order valence-electron chi connectivity index (χ4n) is 1.06. The van der Waals surface area contributed by atoms with Gasteiger partial charge in [-0.15, -0.1) is 0 Å². The first-order valence-electron chi connectivity index (χ1n) is 4.22. The molecule has 0 aromatic heterocycles. The highest BCUT2D eigenvalue weighted by atomic mass is 16.5. The molecule has 0 bridgehead atoms. The molecule has 0 fully saturated rings. The molecule has 0 amide bonds. The SMILES string of the molecule is O=CCOc1cc(C(=O)O)cc(C(=O)O)c1. The van der Waals surface area contributed by atoms with Gasteiger partial charge in [0.1, 0.15) is 12.4 Å². The van der Waals surface area contributed by atoms with Crippen LogP contribution in [0.2, 0.25) is 0 Å². The molecular formula is C10H8O6. The second-order valence-electron chi connectivity index (χ2n) is 2.83. The Kier molecular flexibility index (Phi) is 3.60. The van der Waals surface area contributed by atoms with Gasteiger partial charge in [0.15, 0.2) is 6.29 Å². The summed E-state index contributed by atoms with van der Waals surface area (Å²) in [5, 5.41) is 17.4. The van der Waals surface area contributed by atoms with Gasteiger partial charge < -0.3 is 14.9 Å². The van der Waals surface area contributed by atoms with Crippen LogP contribution in [-0.2, 0) is 4.79 Å². The first kappa shape index (κ1) is 11.7. The molecule has 2 N–H and O–H groups in total. The summed E-state index contributed by atoms with van der Waals surface area (Å²) in [7, 11) is 0. The van der Waals surface area contributed by atoms with E-state index in [1.807, 2.05) is 0 Å². The van der Waals surface area contributed by atoms with Crippen LogP contribution in [0.1, 0.15) is 20.7 Å². The van der Waals surface area contributed by atoms with Gasteiger partial charge in [-0.25, -0.2) is 9.59 Å². The van der Waals surface area contributed by atoms with Gasteiger partial charge >= 0.3 is 11.9 Å². The van der Waals surface area contributed by atoms with Gasteiger partial charge in [0, 0.05) is 0 Å². The van der Waals surface area contributed by atoms with Crippen LogP contribution in [0, 0.1) is 0 Å². The van der Waals surface area contributed by atoms with E-state index in [4.69, 9.17) is 14.9 Å². The number of hydrogen-bond acceptors (Lipinski definition) is 4. The van der Waals surface area contributed by atoms with E-state index >= 15 is 0 Å². The maximum Gasteiger partial charge on any atom is 0.335 e. The predicted octanol–water partition coefficient (Wildman–Crippen LogP) is 0.661. The molecule has 0 radical (unpaired) electrons. The van der Waals surface area contributed by atoms with Crippen LogP contribution >= 0.6 is 0 Å². The molecule has 1 aromatic carbocycles. The van der Waals surface area contributed by atoms with Gasteiger partial charge in [-0.05, 0) is 18.2 Å². The standard InChI is InChI=1S/C10H8O6/c11-1-2-16-8-4-6(9(12)13)3-7(5-8)10(14)15/h1,3-5H,2H2,(H,12,13)(H,14,15). The van der Waals surface area contributed by atoms with Crippen molar-refractivity contribution in [3.8, 4) is 5.75 Å². The molecule has 6 heteroatoms. The van der Waals surface area contributed by atoms with Crippen molar-refractivity contribution < 1.29 is 29.3 Å². The minimum absolute atomic E-state index is 0.0319. The van der Waals surface area contributed by atoms with E-state index in [2.05, 4.69) is 0 Å². The molecule has 0 aliphatic heterocycles. The van der Waals surface area contributed by atoms with Crippen LogP contribution in [0.5, 0.6) is 5.75 Å². The van der Waals surface area contributed by atoms with Gasteiger partial charge in [-0.2, -0.15) is 0 Å². The van der Waals surface area contributed by atoms with Gasteiger partial charge in [-0.3, -0.25) is 4.79 Å². The smallest absolute Gasteiger partial charge is 0.335 e. The van der Waals surface area contributed by atoms with Crippen molar-refractivity contribution in [3.63, 3.8) is 0 Å². The minimum atomic E-state index is -1.26. The minimum Gasteiger partial charge on any atom is -0.486 e. The largest absolute Gasteiger partial charge is 0.486 e. The third kappa shape index (κ3) is 2.81. The zero-order chi connectivity index (χ0) is 12.1. The summed E-state index contributed by atoms with van der Waals surface area (Å²) in [6.45, 7) is -0.262. The molecule has 0 atom stereocenters. The quantitative estimate of drug-likeness (QED) is 0.712. The average Bonchev–Trinajstić information content (AvgIpc) is 2.25. The summed E-state index contributed by atoms with van der Waals surface area (Å²) >= 11 is 0. The molecule has 1 rings (SSSR count). The molecule has 16 heavy (non-hydrogen) atoms. The summed E-state index contributed by atoms with van der Waals surface area (Å²) in [6.07, 6.45) is 0.480. The van der Waals surface area contributed by atoms with E-state index in [-0.39, 0.29) is 23.5 Å². The molecule has 0 spiro atoms. The molecule has 0 unspecified atom stereocenters. The van der Waals surface area contributed by atoms with Crippen LogP contribution in [0.4, 0.5) is 0 Å². The highest BCUT2D eigenvalue weighted by Gasteiger charge is 2.11. The van der Waals surface area contributed by atoms with Crippen molar-refractivity contribution in [1.82, 2.24) is 0 Å². The van der Waals surface area contributed by atoms with E-state index < -0.39 is 11.9 Å². The highest BCUT2D eigenvalue weighted by molar-refractivity contribution is 5.94. The van der Waals surface area contributed by atoms with E-state index in [1.54, 1.807) is 0 Å². The zero-order valence-electron chi connectivity index (χ0n) is 8.04. The molecule has 0 heterocycles. The highest BCUT2D eigenvalue weighted by Crippen LogP contribution is 2.17. The Morgan fingerprint density at radius 3 is 2.00 bits per heavy atom. The maximum atomic E-state index is 10.7. The van der Waals surface area contributed by atoms with Gasteiger partial charge in [0.05, 0.1) is 11.1 Å². The van der Waals surface area contributed by atoms with Crippen LogP contribution in [0.3, 0.4) is 0 Å². The van der Waals surface area contributed by atoms with Crippen LogP contribution in [0.25, 0.3) is 0 Å². The number of aromatic carboxylic acids is 2. The monoisotopic (exact) mass is 224 g/mol. The van der Waals surface area contributed by atoms with Gasteiger partial charge in [-0.1, -0.05) is 0 Å². The fourth-order valence-corrected chi connectivity index (χ4v) is 1.06. The third-order valence-corrected chi connectivity index (χ3v) is 1.72. The first-order chi connectivity index (χ1) is 7.54. The van der Waals surface area contributed by atoms with Crippen molar-refractivity contribution in [2.75, 3.05) is 6.61 Å². The van der Waals surface area contributed by atoms with Crippen molar-refractivity contribution in [2.24, 2.45) is 0 Å². The molecular weight excluding hydrogens is 216 g/mol. The molecule has 0 aliphatic carbocycles. The van der Waals surface area contributed by atoms with Gasteiger partial charge in [0.25, 0.3) is 0 Å². The van der Waals surface area contributed by atoms with E-state index in [0.29, 0.717) is 6.29 Å². The van der Waals surface area contributed by atoms with Crippen molar-refractivity contribution in [1.29, 1.82) is 0 Å². The van der Waals surface area contributed by atoms with Crippen molar-refractivity contribution >= 4 is 18.2 Å². The number of carbonyl (C=O) groups is 3. The third-order valence-electron chi connectivity index (χ3n) is 1.72. The Morgan fingerprint density at radius 2 is 1.62 bits per heavy atom.